The van der Waals surface area contributed by atoms with E-state index in [9.17, 15) is 5.11 Å². The molecule has 2 rings (SSSR count). The number of halogens is 1. The van der Waals surface area contributed by atoms with Crippen molar-refractivity contribution in [3.63, 3.8) is 0 Å². The summed E-state index contributed by atoms with van der Waals surface area (Å²) in [5.41, 5.74) is 0. The maximum atomic E-state index is 9.67. The monoisotopic (exact) mass is 274 g/mol. The number of aliphatic hydroxyl groups is 1. The van der Waals surface area contributed by atoms with Gasteiger partial charge in [0.1, 0.15) is 0 Å². The topological polar surface area (TPSA) is 20.2 Å². The van der Waals surface area contributed by atoms with Crippen molar-refractivity contribution in [1.82, 2.24) is 0 Å². The van der Waals surface area contributed by atoms with Crippen LogP contribution in [0.2, 0.25) is 0 Å². The second kappa shape index (κ2) is 4.77. The first-order valence-corrected chi connectivity index (χ1v) is 6.79. The number of hydrogen-bond donors (Lipinski definition) is 1. The third-order valence-electron chi connectivity index (χ3n) is 2.72. The average Bonchev–Trinajstić information content (AvgIpc) is 2.92. The molecule has 3 heteroatoms. The zero-order valence-corrected chi connectivity index (χ0v) is 10.5. The van der Waals surface area contributed by atoms with Crippen molar-refractivity contribution in [2.45, 2.75) is 38.2 Å². The van der Waals surface area contributed by atoms with Gasteiger partial charge in [0, 0.05) is 4.88 Å². The number of thiophene rings is 1. The molecule has 1 aromatic heterocycles. The zero-order valence-electron chi connectivity index (χ0n) is 8.08. The fourth-order valence-electron chi connectivity index (χ4n) is 1.69. The first-order valence-electron chi connectivity index (χ1n) is 5.18. The van der Waals surface area contributed by atoms with Crippen LogP contribution in [0.3, 0.4) is 0 Å². The molecule has 1 saturated carbocycles. The molecule has 1 unspecified atom stereocenters. The minimum atomic E-state index is -0.0293. The fraction of sp³-hybridized carbons (Fsp3) is 0.636. The molecule has 0 amide bonds. The molecule has 1 nitrogen and oxygen atoms in total. The summed E-state index contributed by atoms with van der Waals surface area (Å²) in [5, 5.41) is 9.67. The number of aryl methyl sites for hydroxylation is 1. The summed E-state index contributed by atoms with van der Waals surface area (Å²) in [7, 11) is 0. The van der Waals surface area contributed by atoms with Gasteiger partial charge in [-0.1, -0.05) is 0 Å². The van der Waals surface area contributed by atoms with E-state index in [1.54, 1.807) is 11.3 Å². The van der Waals surface area contributed by atoms with Crippen LogP contribution in [0.1, 0.15) is 30.6 Å². The SMILES string of the molecule is OC(CCCc1ccc(Br)s1)C1CC1. The van der Waals surface area contributed by atoms with E-state index in [1.807, 2.05) is 0 Å². The number of rotatable bonds is 5. The Morgan fingerprint density at radius 3 is 2.86 bits per heavy atom. The van der Waals surface area contributed by atoms with E-state index in [0.29, 0.717) is 5.92 Å². The maximum Gasteiger partial charge on any atom is 0.0701 e. The predicted molar refractivity (Wildman–Crippen MR) is 63.7 cm³/mol. The largest absolute Gasteiger partial charge is 0.393 e. The molecule has 0 aromatic carbocycles. The first kappa shape index (κ1) is 10.7. The maximum absolute atomic E-state index is 9.67. The van der Waals surface area contributed by atoms with Gasteiger partial charge in [0.15, 0.2) is 0 Å². The van der Waals surface area contributed by atoms with Crippen molar-refractivity contribution in [3.05, 3.63) is 20.8 Å². The van der Waals surface area contributed by atoms with Gasteiger partial charge in [0.2, 0.25) is 0 Å². The van der Waals surface area contributed by atoms with Crippen molar-refractivity contribution in [1.29, 1.82) is 0 Å². The van der Waals surface area contributed by atoms with Crippen LogP contribution in [0.4, 0.5) is 0 Å². The molecular formula is C11H15BrOS. The Morgan fingerprint density at radius 2 is 2.29 bits per heavy atom. The molecule has 14 heavy (non-hydrogen) atoms. The lowest BCUT2D eigenvalue weighted by Crippen LogP contribution is -2.08. The van der Waals surface area contributed by atoms with E-state index in [-0.39, 0.29) is 6.10 Å². The Labute approximate surface area is 97.3 Å². The average molecular weight is 275 g/mol. The van der Waals surface area contributed by atoms with Gasteiger partial charge in [-0.2, -0.15) is 0 Å². The summed E-state index contributed by atoms with van der Waals surface area (Å²) in [6.07, 6.45) is 5.65. The van der Waals surface area contributed by atoms with Crippen molar-refractivity contribution in [3.8, 4) is 0 Å². The summed E-state index contributed by atoms with van der Waals surface area (Å²) in [4.78, 5) is 1.42. The van der Waals surface area contributed by atoms with E-state index in [2.05, 4.69) is 28.1 Å². The molecule has 1 aromatic rings. The third kappa shape index (κ3) is 3.07. The second-order valence-electron chi connectivity index (χ2n) is 4.00. The number of hydrogen-bond acceptors (Lipinski definition) is 2. The highest BCUT2D eigenvalue weighted by Crippen LogP contribution is 2.34. The van der Waals surface area contributed by atoms with Gasteiger partial charge in [-0.15, -0.1) is 11.3 Å². The van der Waals surface area contributed by atoms with Crippen molar-refractivity contribution in [2.24, 2.45) is 5.92 Å². The molecule has 1 N–H and O–H groups in total. The van der Waals surface area contributed by atoms with E-state index in [0.717, 1.165) is 19.3 Å². The molecular weight excluding hydrogens is 260 g/mol. The lowest BCUT2D eigenvalue weighted by Gasteiger charge is -2.07. The summed E-state index contributed by atoms with van der Waals surface area (Å²) >= 11 is 5.25. The summed E-state index contributed by atoms with van der Waals surface area (Å²) in [5.74, 6) is 0.630. The van der Waals surface area contributed by atoms with Gasteiger partial charge in [-0.3, -0.25) is 0 Å². The van der Waals surface area contributed by atoms with E-state index in [4.69, 9.17) is 0 Å². The van der Waals surface area contributed by atoms with Crippen molar-refractivity contribution in [2.75, 3.05) is 0 Å². The lowest BCUT2D eigenvalue weighted by atomic mass is 10.1. The minimum Gasteiger partial charge on any atom is -0.393 e. The molecule has 0 saturated heterocycles. The van der Waals surface area contributed by atoms with Gasteiger partial charge in [0.25, 0.3) is 0 Å². The fourth-order valence-corrected chi connectivity index (χ4v) is 3.21. The van der Waals surface area contributed by atoms with Crippen LogP contribution in [-0.4, -0.2) is 11.2 Å². The molecule has 0 bridgehead atoms. The normalized spacial score (nSPS) is 18.4. The third-order valence-corrected chi connectivity index (χ3v) is 4.40. The molecule has 1 fully saturated rings. The quantitative estimate of drug-likeness (QED) is 0.870. The van der Waals surface area contributed by atoms with Crippen molar-refractivity contribution < 1.29 is 5.11 Å². The highest BCUT2D eigenvalue weighted by Gasteiger charge is 2.28. The number of aliphatic hydroxyl groups excluding tert-OH is 1. The Kier molecular flexibility index (Phi) is 3.63. The zero-order chi connectivity index (χ0) is 9.97. The van der Waals surface area contributed by atoms with Gasteiger partial charge < -0.3 is 5.11 Å². The van der Waals surface area contributed by atoms with E-state index < -0.39 is 0 Å². The molecule has 0 spiro atoms. The molecule has 78 valence electrons. The minimum absolute atomic E-state index is 0.0293. The van der Waals surface area contributed by atoms with Gasteiger partial charge in [-0.25, -0.2) is 0 Å². The smallest absolute Gasteiger partial charge is 0.0701 e. The Hall–Kier alpha value is 0.140. The van der Waals surface area contributed by atoms with Crippen LogP contribution >= 0.6 is 27.3 Å². The second-order valence-corrected chi connectivity index (χ2v) is 6.55. The molecule has 0 aliphatic heterocycles. The van der Waals surface area contributed by atoms with Crippen LogP contribution in [0.15, 0.2) is 15.9 Å². The predicted octanol–water partition coefficient (Wildman–Crippen LogP) is 3.60. The van der Waals surface area contributed by atoms with Crippen molar-refractivity contribution >= 4 is 27.3 Å². The summed E-state index contributed by atoms with van der Waals surface area (Å²) in [6, 6.07) is 4.26. The summed E-state index contributed by atoms with van der Waals surface area (Å²) in [6.45, 7) is 0. The van der Waals surface area contributed by atoms with Crippen LogP contribution in [0.25, 0.3) is 0 Å². The summed E-state index contributed by atoms with van der Waals surface area (Å²) < 4.78 is 1.20. The lowest BCUT2D eigenvalue weighted by molar-refractivity contribution is 0.139. The molecule has 1 atom stereocenters. The first-order chi connectivity index (χ1) is 6.75. The molecule has 1 heterocycles. The van der Waals surface area contributed by atoms with Gasteiger partial charge >= 0.3 is 0 Å². The standard InChI is InChI=1S/C11H15BrOS/c12-11-7-6-9(14-11)2-1-3-10(13)8-4-5-8/h6-8,10,13H,1-5H2. The van der Waals surface area contributed by atoms with Crippen LogP contribution < -0.4 is 0 Å². The van der Waals surface area contributed by atoms with Crippen LogP contribution in [-0.2, 0) is 6.42 Å². The van der Waals surface area contributed by atoms with Crippen LogP contribution in [0.5, 0.6) is 0 Å². The highest BCUT2D eigenvalue weighted by molar-refractivity contribution is 9.11. The molecule has 1 aliphatic carbocycles. The Morgan fingerprint density at radius 1 is 1.50 bits per heavy atom. The van der Waals surface area contributed by atoms with Crippen LogP contribution in [0, 0.1) is 5.92 Å². The van der Waals surface area contributed by atoms with Gasteiger partial charge in [0.05, 0.1) is 9.89 Å². The van der Waals surface area contributed by atoms with Gasteiger partial charge in [-0.05, 0) is 66.1 Å². The highest BCUT2D eigenvalue weighted by atomic mass is 79.9. The molecule has 1 aliphatic rings. The Bertz CT molecular complexity index is 293. The van der Waals surface area contributed by atoms with E-state index >= 15 is 0 Å². The Balaban J connectivity index is 1.67. The molecule has 0 radical (unpaired) electrons. The van der Waals surface area contributed by atoms with E-state index in [1.165, 1.54) is 21.5 Å².